The molecule has 2 heterocycles. The van der Waals surface area contributed by atoms with Crippen LogP contribution in [0.5, 0.6) is 0 Å². The van der Waals surface area contributed by atoms with E-state index >= 15 is 0 Å². The number of rotatable bonds is 4. The molecule has 1 aromatic rings. The SMILES string of the molecule is CC1CCCN(Cc2cn(CCN)cn2)C1. The van der Waals surface area contributed by atoms with Gasteiger partial charge >= 0.3 is 0 Å². The molecule has 1 aliphatic rings. The molecule has 2 rings (SSSR count). The van der Waals surface area contributed by atoms with Gasteiger partial charge in [-0.3, -0.25) is 4.90 Å². The van der Waals surface area contributed by atoms with E-state index in [1.165, 1.54) is 31.6 Å². The highest BCUT2D eigenvalue weighted by molar-refractivity contribution is 4.97. The first-order valence-corrected chi connectivity index (χ1v) is 6.21. The van der Waals surface area contributed by atoms with Gasteiger partial charge in [-0.05, 0) is 25.3 Å². The summed E-state index contributed by atoms with van der Waals surface area (Å²) in [7, 11) is 0. The molecule has 1 aromatic heterocycles. The summed E-state index contributed by atoms with van der Waals surface area (Å²) in [5.74, 6) is 0.833. The molecule has 0 spiro atoms. The molecule has 0 aromatic carbocycles. The summed E-state index contributed by atoms with van der Waals surface area (Å²) in [5, 5.41) is 0. The van der Waals surface area contributed by atoms with E-state index in [-0.39, 0.29) is 0 Å². The summed E-state index contributed by atoms with van der Waals surface area (Å²) < 4.78 is 2.07. The van der Waals surface area contributed by atoms with Gasteiger partial charge < -0.3 is 10.3 Å². The standard InChI is InChI=1S/C12H22N4/c1-11-3-2-5-15(7-11)8-12-9-16(6-4-13)10-14-12/h9-11H,2-8,13H2,1H3. The number of nitrogens with two attached hydrogens (primary N) is 1. The molecule has 0 bridgehead atoms. The van der Waals surface area contributed by atoms with E-state index in [9.17, 15) is 0 Å². The van der Waals surface area contributed by atoms with Gasteiger partial charge in [-0.15, -0.1) is 0 Å². The second-order valence-corrected chi connectivity index (χ2v) is 4.87. The van der Waals surface area contributed by atoms with E-state index in [4.69, 9.17) is 5.73 Å². The van der Waals surface area contributed by atoms with Crippen LogP contribution in [0.15, 0.2) is 12.5 Å². The van der Waals surface area contributed by atoms with Crippen LogP contribution in [0, 0.1) is 5.92 Å². The lowest BCUT2D eigenvalue weighted by atomic mass is 10.0. The summed E-state index contributed by atoms with van der Waals surface area (Å²) in [6.07, 6.45) is 6.70. The first kappa shape index (κ1) is 11.6. The Bertz CT molecular complexity index is 321. The number of hydrogen-bond donors (Lipinski definition) is 1. The first-order valence-electron chi connectivity index (χ1n) is 6.21. The van der Waals surface area contributed by atoms with Crippen LogP contribution in [0.3, 0.4) is 0 Å². The molecule has 0 amide bonds. The number of imidazole rings is 1. The highest BCUT2D eigenvalue weighted by Crippen LogP contribution is 2.17. The lowest BCUT2D eigenvalue weighted by Gasteiger charge is -2.30. The van der Waals surface area contributed by atoms with Gasteiger partial charge in [-0.25, -0.2) is 4.98 Å². The lowest BCUT2D eigenvalue weighted by molar-refractivity contribution is 0.175. The summed E-state index contributed by atoms with van der Waals surface area (Å²) in [5.41, 5.74) is 6.68. The number of hydrogen-bond acceptors (Lipinski definition) is 3. The molecule has 1 saturated heterocycles. The highest BCUT2D eigenvalue weighted by Gasteiger charge is 2.16. The third kappa shape index (κ3) is 3.06. The van der Waals surface area contributed by atoms with Crippen LogP contribution < -0.4 is 5.73 Å². The number of piperidine rings is 1. The topological polar surface area (TPSA) is 47.1 Å². The van der Waals surface area contributed by atoms with Crippen LogP contribution in [0.4, 0.5) is 0 Å². The van der Waals surface area contributed by atoms with Gasteiger partial charge in [0, 0.05) is 32.4 Å². The van der Waals surface area contributed by atoms with E-state index in [2.05, 4.69) is 27.6 Å². The average molecular weight is 222 g/mol. The minimum absolute atomic E-state index is 0.677. The second kappa shape index (κ2) is 5.46. The molecular weight excluding hydrogens is 200 g/mol. The van der Waals surface area contributed by atoms with Crippen molar-refractivity contribution in [3.05, 3.63) is 18.2 Å². The predicted octanol–water partition coefficient (Wildman–Crippen LogP) is 1.07. The maximum absolute atomic E-state index is 5.51. The lowest BCUT2D eigenvalue weighted by Crippen LogP contribution is -2.33. The summed E-state index contributed by atoms with van der Waals surface area (Å²) >= 11 is 0. The third-order valence-electron chi connectivity index (χ3n) is 3.20. The molecule has 90 valence electrons. The molecule has 4 nitrogen and oxygen atoms in total. The van der Waals surface area contributed by atoms with Crippen LogP contribution >= 0.6 is 0 Å². The zero-order valence-corrected chi connectivity index (χ0v) is 10.1. The average Bonchev–Trinajstić information content (AvgIpc) is 2.66. The van der Waals surface area contributed by atoms with Crippen molar-refractivity contribution in [1.29, 1.82) is 0 Å². The fourth-order valence-electron chi connectivity index (χ4n) is 2.42. The van der Waals surface area contributed by atoms with Gasteiger partial charge in [-0.2, -0.15) is 0 Å². The third-order valence-corrected chi connectivity index (χ3v) is 3.20. The summed E-state index contributed by atoms with van der Waals surface area (Å²) in [6.45, 7) is 7.29. The van der Waals surface area contributed by atoms with Gasteiger partial charge in [0.1, 0.15) is 0 Å². The van der Waals surface area contributed by atoms with Crippen molar-refractivity contribution in [2.75, 3.05) is 19.6 Å². The Hall–Kier alpha value is -0.870. The van der Waals surface area contributed by atoms with Gasteiger partial charge in [0.05, 0.1) is 12.0 Å². The Balaban J connectivity index is 1.87. The van der Waals surface area contributed by atoms with E-state index in [0.717, 1.165) is 19.0 Å². The molecule has 1 fully saturated rings. The zero-order valence-electron chi connectivity index (χ0n) is 10.1. The van der Waals surface area contributed by atoms with Crippen molar-refractivity contribution in [2.24, 2.45) is 11.7 Å². The van der Waals surface area contributed by atoms with Crippen molar-refractivity contribution in [3.63, 3.8) is 0 Å². The van der Waals surface area contributed by atoms with E-state index in [0.29, 0.717) is 6.54 Å². The molecule has 2 N–H and O–H groups in total. The maximum atomic E-state index is 5.51. The van der Waals surface area contributed by atoms with Crippen molar-refractivity contribution in [2.45, 2.75) is 32.9 Å². The quantitative estimate of drug-likeness (QED) is 0.829. The van der Waals surface area contributed by atoms with Gasteiger partial charge in [0.2, 0.25) is 0 Å². The normalized spacial score (nSPS) is 22.5. The van der Waals surface area contributed by atoms with Crippen molar-refractivity contribution < 1.29 is 0 Å². The summed E-state index contributed by atoms with van der Waals surface area (Å²) in [6, 6.07) is 0. The smallest absolute Gasteiger partial charge is 0.0950 e. The van der Waals surface area contributed by atoms with E-state index < -0.39 is 0 Å². The molecule has 4 heteroatoms. The monoisotopic (exact) mass is 222 g/mol. The summed E-state index contributed by atoms with van der Waals surface area (Å²) in [4.78, 5) is 6.92. The van der Waals surface area contributed by atoms with Gasteiger partial charge in [-0.1, -0.05) is 6.92 Å². The fraction of sp³-hybridized carbons (Fsp3) is 0.750. The van der Waals surface area contributed by atoms with Crippen LogP contribution in [-0.4, -0.2) is 34.1 Å². The van der Waals surface area contributed by atoms with Crippen molar-refractivity contribution in [1.82, 2.24) is 14.5 Å². The Morgan fingerprint density at radius 2 is 2.44 bits per heavy atom. The van der Waals surface area contributed by atoms with E-state index in [1.54, 1.807) is 0 Å². The van der Waals surface area contributed by atoms with Crippen LogP contribution in [0.2, 0.25) is 0 Å². The minimum atomic E-state index is 0.677. The largest absolute Gasteiger partial charge is 0.336 e. The molecule has 0 aliphatic carbocycles. The number of nitrogens with zero attached hydrogens (tertiary/aromatic N) is 3. The maximum Gasteiger partial charge on any atom is 0.0950 e. The number of aromatic nitrogens is 2. The Kier molecular flexibility index (Phi) is 3.96. The molecule has 1 unspecified atom stereocenters. The second-order valence-electron chi connectivity index (χ2n) is 4.87. The van der Waals surface area contributed by atoms with Crippen LogP contribution in [-0.2, 0) is 13.1 Å². The van der Waals surface area contributed by atoms with Gasteiger partial charge in [0.15, 0.2) is 0 Å². The Morgan fingerprint density at radius 3 is 3.19 bits per heavy atom. The molecule has 0 radical (unpaired) electrons. The first-order chi connectivity index (χ1) is 7.78. The molecule has 16 heavy (non-hydrogen) atoms. The van der Waals surface area contributed by atoms with Crippen LogP contribution in [0.1, 0.15) is 25.5 Å². The van der Waals surface area contributed by atoms with Crippen LogP contribution in [0.25, 0.3) is 0 Å². The zero-order chi connectivity index (χ0) is 11.4. The Labute approximate surface area is 97.4 Å². The van der Waals surface area contributed by atoms with E-state index in [1.807, 2.05) is 6.33 Å². The minimum Gasteiger partial charge on any atom is -0.336 e. The van der Waals surface area contributed by atoms with Gasteiger partial charge in [0.25, 0.3) is 0 Å². The predicted molar refractivity (Wildman–Crippen MR) is 65.0 cm³/mol. The van der Waals surface area contributed by atoms with Crippen molar-refractivity contribution in [3.8, 4) is 0 Å². The molecular formula is C12H22N4. The fourth-order valence-corrected chi connectivity index (χ4v) is 2.42. The Morgan fingerprint density at radius 1 is 1.56 bits per heavy atom. The highest BCUT2D eigenvalue weighted by atomic mass is 15.1. The molecule has 1 aliphatic heterocycles. The van der Waals surface area contributed by atoms with Crippen molar-refractivity contribution >= 4 is 0 Å². The number of likely N-dealkylation sites (tertiary alicyclic amines) is 1. The molecule has 1 atom stereocenters. The molecule has 0 saturated carbocycles.